The number of aliphatic hydroxyl groups excluding tert-OH is 1. The largest absolute Gasteiger partial charge is 0.435 e. The molecule has 1 N–H and O–H groups in total. The smallest absolute Gasteiger partial charge is 0.313 e. The van der Waals surface area contributed by atoms with Crippen molar-refractivity contribution in [2.45, 2.75) is 13.3 Å². The second kappa shape index (κ2) is 4.99. The summed E-state index contributed by atoms with van der Waals surface area (Å²) in [7, 11) is 0. The molecule has 3 heteroatoms. The third-order valence-electron chi connectivity index (χ3n) is 1.16. The number of aliphatic hydroxyl groups is 1. The highest BCUT2D eigenvalue weighted by atomic mass is 16.5. The van der Waals surface area contributed by atoms with Crippen molar-refractivity contribution in [2.75, 3.05) is 6.61 Å². The van der Waals surface area contributed by atoms with Gasteiger partial charge in [-0.25, -0.2) is 0 Å². The van der Waals surface area contributed by atoms with Gasteiger partial charge in [-0.15, -0.1) is 0 Å². The van der Waals surface area contributed by atoms with Crippen LogP contribution in [0.5, 0.6) is 0 Å². The Kier molecular flexibility index (Phi) is 4.58. The van der Waals surface area contributed by atoms with Crippen molar-refractivity contribution < 1.29 is 14.6 Å². The summed E-state index contributed by atoms with van der Waals surface area (Å²) in [6.45, 7) is 4.94. The number of hydrogen-bond donors (Lipinski definition) is 1. The van der Waals surface area contributed by atoms with Crippen molar-refractivity contribution in [3.63, 3.8) is 0 Å². The van der Waals surface area contributed by atoms with Crippen LogP contribution in [0.1, 0.15) is 13.3 Å². The van der Waals surface area contributed by atoms with Crippen LogP contribution in [0.4, 0.5) is 0 Å². The van der Waals surface area contributed by atoms with Crippen LogP contribution in [0.3, 0.4) is 0 Å². The molecule has 0 saturated heterocycles. The first-order valence-corrected chi connectivity index (χ1v) is 3.14. The predicted molar refractivity (Wildman–Crippen MR) is 37.2 cm³/mol. The van der Waals surface area contributed by atoms with E-state index in [4.69, 9.17) is 5.11 Å². The number of esters is 1. The van der Waals surface area contributed by atoms with Crippen LogP contribution in [0, 0.1) is 5.92 Å². The highest BCUT2D eigenvalue weighted by molar-refractivity contribution is 5.72. The molecule has 3 nitrogen and oxygen atoms in total. The van der Waals surface area contributed by atoms with Crippen LogP contribution >= 0.6 is 0 Å². The average molecular weight is 144 g/mol. The van der Waals surface area contributed by atoms with Gasteiger partial charge in [0.05, 0.1) is 12.2 Å². The van der Waals surface area contributed by atoms with Gasteiger partial charge >= 0.3 is 5.97 Å². The normalized spacial score (nSPS) is 12.2. The monoisotopic (exact) mass is 144 g/mol. The summed E-state index contributed by atoms with van der Waals surface area (Å²) in [5, 5.41) is 8.42. The highest BCUT2D eigenvalue weighted by Crippen LogP contribution is 2.02. The molecule has 0 amide bonds. The standard InChI is InChI=1S/C7H12O3/c1-3-10-7(9)6(2)4-5-8/h3,6,8H,1,4-5H2,2H3. The van der Waals surface area contributed by atoms with Gasteiger partial charge in [-0.3, -0.25) is 4.79 Å². The van der Waals surface area contributed by atoms with Crippen molar-refractivity contribution in [2.24, 2.45) is 5.92 Å². The van der Waals surface area contributed by atoms with Gasteiger partial charge in [0.15, 0.2) is 0 Å². The SMILES string of the molecule is C=COC(=O)C(C)CCO. The lowest BCUT2D eigenvalue weighted by molar-refractivity contribution is -0.142. The van der Waals surface area contributed by atoms with Gasteiger partial charge in [0, 0.05) is 6.61 Å². The maximum Gasteiger partial charge on any atom is 0.313 e. The van der Waals surface area contributed by atoms with E-state index >= 15 is 0 Å². The molecule has 0 aliphatic rings. The van der Waals surface area contributed by atoms with E-state index in [1.54, 1.807) is 6.92 Å². The lowest BCUT2D eigenvalue weighted by Gasteiger charge is -2.05. The first-order chi connectivity index (χ1) is 4.72. The average Bonchev–Trinajstić information content (AvgIpc) is 1.89. The fourth-order valence-electron chi connectivity index (χ4n) is 0.510. The van der Waals surface area contributed by atoms with E-state index in [-0.39, 0.29) is 18.5 Å². The van der Waals surface area contributed by atoms with Crippen molar-refractivity contribution in [3.05, 3.63) is 12.8 Å². The third-order valence-corrected chi connectivity index (χ3v) is 1.16. The Morgan fingerprint density at radius 3 is 2.90 bits per heavy atom. The predicted octanol–water partition coefficient (Wildman–Crippen LogP) is 0.692. The summed E-state index contributed by atoms with van der Waals surface area (Å²) in [5.41, 5.74) is 0. The van der Waals surface area contributed by atoms with E-state index in [0.717, 1.165) is 6.26 Å². The van der Waals surface area contributed by atoms with Gasteiger partial charge in [0.1, 0.15) is 0 Å². The van der Waals surface area contributed by atoms with Gasteiger partial charge in [0.25, 0.3) is 0 Å². The van der Waals surface area contributed by atoms with Crippen LogP contribution in [0.25, 0.3) is 0 Å². The number of hydrogen-bond acceptors (Lipinski definition) is 3. The summed E-state index contributed by atoms with van der Waals surface area (Å²) in [5.74, 6) is -0.591. The molecule has 0 aromatic rings. The first kappa shape index (κ1) is 9.17. The van der Waals surface area contributed by atoms with Crippen LogP contribution in [-0.4, -0.2) is 17.7 Å². The van der Waals surface area contributed by atoms with Crippen LogP contribution in [0.2, 0.25) is 0 Å². The van der Waals surface area contributed by atoms with Gasteiger partial charge in [0.2, 0.25) is 0 Å². The Morgan fingerprint density at radius 2 is 2.50 bits per heavy atom. The Bertz CT molecular complexity index is 120. The van der Waals surface area contributed by atoms with Crippen molar-refractivity contribution in [1.29, 1.82) is 0 Å². The Hall–Kier alpha value is -0.830. The van der Waals surface area contributed by atoms with Gasteiger partial charge < -0.3 is 9.84 Å². The molecule has 0 heterocycles. The van der Waals surface area contributed by atoms with Crippen molar-refractivity contribution in [1.82, 2.24) is 0 Å². The highest BCUT2D eigenvalue weighted by Gasteiger charge is 2.11. The van der Waals surface area contributed by atoms with Crippen molar-refractivity contribution in [3.8, 4) is 0 Å². The minimum absolute atomic E-state index is 0.00735. The first-order valence-electron chi connectivity index (χ1n) is 3.14. The van der Waals surface area contributed by atoms with E-state index in [2.05, 4.69) is 11.3 Å². The number of rotatable bonds is 4. The summed E-state index contributed by atoms with van der Waals surface area (Å²) < 4.78 is 4.47. The van der Waals surface area contributed by atoms with Gasteiger partial charge in [-0.05, 0) is 6.42 Å². The van der Waals surface area contributed by atoms with Gasteiger partial charge in [-0.1, -0.05) is 13.5 Å². The molecule has 1 unspecified atom stereocenters. The number of ether oxygens (including phenoxy) is 1. The maximum absolute atomic E-state index is 10.7. The molecule has 0 saturated carbocycles. The summed E-state index contributed by atoms with van der Waals surface area (Å²) in [4.78, 5) is 10.7. The fraction of sp³-hybridized carbons (Fsp3) is 0.571. The van der Waals surface area contributed by atoms with E-state index < -0.39 is 0 Å². The summed E-state index contributed by atoms with van der Waals surface area (Å²) in [6.07, 6.45) is 1.53. The molecule has 0 aromatic heterocycles. The molecule has 0 aliphatic carbocycles. The topological polar surface area (TPSA) is 46.5 Å². The van der Waals surface area contributed by atoms with E-state index in [1.165, 1.54) is 0 Å². The molecular formula is C7H12O3. The van der Waals surface area contributed by atoms with E-state index in [0.29, 0.717) is 6.42 Å². The zero-order chi connectivity index (χ0) is 7.98. The molecule has 0 aromatic carbocycles. The Balaban J connectivity index is 3.58. The number of carbonyl (C=O) groups excluding carboxylic acids is 1. The molecular weight excluding hydrogens is 132 g/mol. The molecule has 0 aliphatic heterocycles. The minimum atomic E-state index is -0.343. The van der Waals surface area contributed by atoms with Crippen LogP contribution < -0.4 is 0 Å². The second-order valence-corrected chi connectivity index (χ2v) is 2.02. The molecule has 0 rings (SSSR count). The Morgan fingerprint density at radius 1 is 1.90 bits per heavy atom. The number of carbonyl (C=O) groups is 1. The molecule has 10 heavy (non-hydrogen) atoms. The molecule has 0 fully saturated rings. The van der Waals surface area contributed by atoms with E-state index in [9.17, 15) is 4.79 Å². The van der Waals surface area contributed by atoms with Crippen molar-refractivity contribution >= 4 is 5.97 Å². The fourth-order valence-corrected chi connectivity index (χ4v) is 0.510. The molecule has 0 spiro atoms. The lowest BCUT2D eigenvalue weighted by atomic mass is 10.1. The summed E-state index contributed by atoms with van der Waals surface area (Å²) in [6, 6.07) is 0. The summed E-state index contributed by atoms with van der Waals surface area (Å²) >= 11 is 0. The van der Waals surface area contributed by atoms with E-state index in [1.807, 2.05) is 0 Å². The van der Waals surface area contributed by atoms with Gasteiger partial charge in [-0.2, -0.15) is 0 Å². The van der Waals surface area contributed by atoms with Crippen LogP contribution in [0.15, 0.2) is 12.8 Å². The maximum atomic E-state index is 10.7. The second-order valence-electron chi connectivity index (χ2n) is 2.02. The molecule has 1 atom stereocenters. The third kappa shape index (κ3) is 3.25. The molecule has 0 radical (unpaired) electrons. The quantitative estimate of drug-likeness (QED) is 0.466. The zero-order valence-electron chi connectivity index (χ0n) is 6.04. The van der Waals surface area contributed by atoms with Crippen LogP contribution in [-0.2, 0) is 9.53 Å². The Labute approximate surface area is 60.3 Å². The molecule has 58 valence electrons. The lowest BCUT2D eigenvalue weighted by Crippen LogP contribution is -2.13. The zero-order valence-corrected chi connectivity index (χ0v) is 6.04. The minimum Gasteiger partial charge on any atom is -0.435 e. The molecule has 0 bridgehead atoms.